The van der Waals surface area contributed by atoms with Gasteiger partial charge in [-0.15, -0.1) is 0 Å². The number of halogens is 1. The predicted octanol–water partition coefficient (Wildman–Crippen LogP) is 1.94. The summed E-state index contributed by atoms with van der Waals surface area (Å²) >= 11 is 9.14. The molecule has 2 nitrogen and oxygen atoms in total. The lowest BCUT2D eigenvalue weighted by Gasteiger charge is -1.85. The van der Waals surface area contributed by atoms with Crippen LogP contribution in [0.3, 0.4) is 0 Å². The molecule has 0 aliphatic carbocycles. The van der Waals surface area contributed by atoms with Crippen molar-refractivity contribution < 1.29 is 4.39 Å². The van der Waals surface area contributed by atoms with E-state index in [-0.39, 0.29) is 4.64 Å². The molecule has 1 rings (SSSR count). The zero-order chi connectivity index (χ0) is 6.85. The van der Waals surface area contributed by atoms with Crippen LogP contribution >= 0.6 is 24.4 Å². The third-order valence-electron chi connectivity index (χ3n) is 0.774. The van der Waals surface area contributed by atoms with E-state index in [1.54, 1.807) is 0 Å². The highest BCUT2D eigenvalue weighted by Gasteiger charge is 1.87. The van der Waals surface area contributed by atoms with Crippen molar-refractivity contribution >= 4 is 24.4 Å². The van der Waals surface area contributed by atoms with E-state index < -0.39 is 5.82 Å². The molecule has 0 saturated heterocycles. The Kier molecular flexibility index (Phi) is 1.73. The van der Waals surface area contributed by atoms with Crippen molar-refractivity contribution in [3.63, 3.8) is 0 Å². The van der Waals surface area contributed by atoms with Crippen LogP contribution in [0.2, 0.25) is 0 Å². The number of hydrogen-bond acceptors (Lipinski definition) is 2. The Balaban J connectivity index is 3.52. The summed E-state index contributed by atoms with van der Waals surface area (Å²) in [5, 5.41) is 0. The molecule has 0 amide bonds. The number of nitrogens with one attached hydrogen (secondary N) is 2. The van der Waals surface area contributed by atoms with Crippen LogP contribution in [0.25, 0.3) is 0 Å². The van der Waals surface area contributed by atoms with E-state index >= 15 is 0 Å². The van der Waals surface area contributed by atoms with Gasteiger partial charge in [0.15, 0.2) is 10.6 Å². The van der Waals surface area contributed by atoms with Gasteiger partial charge in [-0.2, -0.15) is 0 Å². The van der Waals surface area contributed by atoms with Crippen molar-refractivity contribution in [3.8, 4) is 0 Å². The van der Waals surface area contributed by atoms with Gasteiger partial charge in [0.2, 0.25) is 0 Å². The summed E-state index contributed by atoms with van der Waals surface area (Å²) in [6.45, 7) is 0. The first-order valence-electron chi connectivity index (χ1n) is 2.17. The summed E-state index contributed by atoms with van der Waals surface area (Å²) in [7, 11) is 0. The molecule has 2 N–H and O–H groups in total. The molecular weight excluding hydrogens is 159 g/mol. The third-order valence-corrected chi connectivity index (χ3v) is 1.29. The van der Waals surface area contributed by atoms with Crippen molar-refractivity contribution in [1.29, 1.82) is 0 Å². The van der Waals surface area contributed by atoms with Crippen molar-refractivity contribution in [1.82, 2.24) is 9.97 Å². The fraction of sp³-hybridized carbons (Fsp3) is 0. The van der Waals surface area contributed by atoms with Crippen LogP contribution in [0, 0.1) is 15.2 Å². The van der Waals surface area contributed by atoms with Crippen LogP contribution in [0.5, 0.6) is 0 Å². The van der Waals surface area contributed by atoms with Gasteiger partial charge in [0.05, 0.1) is 0 Å². The summed E-state index contributed by atoms with van der Waals surface area (Å²) in [5.41, 5.74) is 0. The van der Waals surface area contributed by atoms with Gasteiger partial charge in [0.25, 0.3) is 0 Å². The largest absolute Gasteiger partial charge is 0.336 e. The van der Waals surface area contributed by atoms with E-state index in [2.05, 4.69) is 34.4 Å². The first kappa shape index (κ1) is 6.57. The van der Waals surface area contributed by atoms with Crippen molar-refractivity contribution in [2.75, 3.05) is 0 Å². The van der Waals surface area contributed by atoms with Gasteiger partial charge >= 0.3 is 0 Å². The molecule has 0 bridgehead atoms. The van der Waals surface area contributed by atoms with Crippen LogP contribution in [0.1, 0.15) is 0 Å². The molecule has 0 saturated carbocycles. The SMILES string of the molecule is Fc1c[nH]c(=S)[nH]c1=S. The van der Waals surface area contributed by atoms with Gasteiger partial charge in [-0.25, -0.2) is 4.39 Å². The molecule has 0 fully saturated rings. The topological polar surface area (TPSA) is 31.6 Å². The summed E-state index contributed by atoms with van der Waals surface area (Å²) in [6.07, 6.45) is 1.13. The maximum absolute atomic E-state index is 12.3. The molecule has 9 heavy (non-hydrogen) atoms. The van der Waals surface area contributed by atoms with Gasteiger partial charge in [-0.1, -0.05) is 12.2 Å². The standard InChI is InChI=1S/C4H3FN2S2/c5-2-1-6-4(9)7-3(2)8/h1H,(H2,6,7,8,9). The van der Waals surface area contributed by atoms with E-state index in [1.165, 1.54) is 0 Å². The first-order chi connectivity index (χ1) is 4.20. The van der Waals surface area contributed by atoms with Gasteiger partial charge in [-0.3, -0.25) is 0 Å². The monoisotopic (exact) mass is 162 g/mol. The molecule has 0 spiro atoms. The summed E-state index contributed by atoms with van der Waals surface area (Å²) in [4.78, 5) is 4.90. The Morgan fingerprint density at radius 2 is 2.11 bits per heavy atom. The molecule has 0 radical (unpaired) electrons. The van der Waals surface area contributed by atoms with Crippen molar-refractivity contribution in [2.24, 2.45) is 0 Å². The number of rotatable bonds is 0. The minimum Gasteiger partial charge on any atom is -0.336 e. The van der Waals surface area contributed by atoms with Crippen LogP contribution in [-0.2, 0) is 0 Å². The molecule has 0 aromatic carbocycles. The summed E-state index contributed by atoms with van der Waals surface area (Å²) in [6, 6.07) is 0. The third kappa shape index (κ3) is 1.43. The van der Waals surface area contributed by atoms with E-state index in [1.807, 2.05) is 0 Å². The molecule has 0 aliphatic heterocycles. The molecule has 5 heteroatoms. The minimum atomic E-state index is -0.487. The first-order valence-corrected chi connectivity index (χ1v) is 2.99. The second kappa shape index (κ2) is 2.36. The second-order valence-electron chi connectivity index (χ2n) is 1.42. The van der Waals surface area contributed by atoms with E-state index in [4.69, 9.17) is 0 Å². The Bertz CT molecular complexity index is 313. The predicted molar refractivity (Wildman–Crippen MR) is 36.8 cm³/mol. The zero-order valence-electron chi connectivity index (χ0n) is 4.27. The lowest BCUT2D eigenvalue weighted by atomic mass is 10.6. The van der Waals surface area contributed by atoms with Crippen LogP contribution in [0.15, 0.2) is 6.20 Å². The van der Waals surface area contributed by atoms with Crippen molar-refractivity contribution in [3.05, 3.63) is 21.4 Å². The lowest BCUT2D eigenvalue weighted by molar-refractivity contribution is 0.607. The Hall–Kier alpha value is -0.550. The highest BCUT2D eigenvalue weighted by molar-refractivity contribution is 7.72. The average molecular weight is 162 g/mol. The number of hydrogen-bond donors (Lipinski definition) is 2. The molecule has 0 atom stereocenters. The van der Waals surface area contributed by atoms with Gasteiger partial charge < -0.3 is 9.97 Å². The zero-order valence-corrected chi connectivity index (χ0v) is 5.90. The highest BCUT2D eigenvalue weighted by Crippen LogP contribution is 1.92. The Labute approximate surface area is 60.8 Å². The highest BCUT2D eigenvalue weighted by atomic mass is 32.1. The normalized spacial score (nSPS) is 9.44. The van der Waals surface area contributed by atoms with Crippen molar-refractivity contribution in [2.45, 2.75) is 0 Å². The van der Waals surface area contributed by atoms with E-state index in [9.17, 15) is 4.39 Å². The molecule has 0 aliphatic rings. The lowest BCUT2D eigenvalue weighted by Crippen LogP contribution is -1.84. The minimum absolute atomic E-state index is 0.0405. The molecule has 1 heterocycles. The van der Waals surface area contributed by atoms with Gasteiger partial charge in [0, 0.05) is 6.20 Å². The Morgan fingerprint density at radius 3 is 2.56 bits per heavy atom. The molecule has 1 aromatic heterocycles. The number of aromatic amines is 2. The van der Waals surface area contributed by atoms with Crippen LogP contribution in [-0.4, -0.2) is 9.97 Å². The van der Waals surface area contributed by atoms with Gasteiger partial charge in [0.1, 0.15) is 4.64 Å². The van der Waals surface area contributed by atoms with Crippen LogP contribution in [0.4, 0.5) is 4.39 Å². The smallest absolute Gasteiger partial charge is 0.175 e. The molecule has 48 valence electrons. The quantitative estimate of drug-likeness (QED) is 0.571. The number of H-pyrrole nitrogens is 2. The van der Waals surface area contributed by atoms with Gasteiger partial charge in [-0.05, 0) is 12.2 Å². The summed E-state index contributed by atoms with van der Waals surface area (Å²) in [5.74, 6) is -0.487. The number of aromatic nitrogens is 2. The van der Waals surface area contributed by atoms with Crippen LogP contribution < -0.4 is 0 Å². The second-order valence-corrected chi connectivity index (χ2v) is 2.24. The Morgan fingerprint density at radius 1 is 1.44 bits per heavy atom. The average Bonchev–Trinajstić information content (AvgIpc) is 1.80. The fourth-order valence-corrected chi connectivity index (χ4v) is 0.780. The molecular formula is C4H3FN2S2. The maximum atomic E-state index is 12.3. The molecule has 1 aromatic rings. The summed E-state index contributed by atoms with van der Waals surface area (Å²) < 4.78 is 12.7. The molecule has 0 unspecified atom stereocenters. The fourth-order valence-electron chi connectivity index (χ4n) is 0.393. The maximum Gasteiger partial charge on any atom is 0.175 e. The van der Waals surface area contributed by atoms with E-state index in [0.29, 0.717) is 4.77 Å². The van der Waals surface area contributed by atoms with E-state index in [0.717, 1.165) is 6.20 Å².